The summed E-state index contributed by atoms with van der Waals surface area (Å²) in [5.74, 6) is 0. The van der Waals surface area contributed by atoms with Crippen molar-refractivity contribution in [2.75, 3.05) is 0 Å². The van der Waals surface area contributed by atoms with Crippen LogP contribution < -0.4 is 0 Å². The minimum atomic E-state index is 1.32. The van der Waals surface area contributed by atoms with Gasteiger partial charge in [-0.3, -0.25) is 0 Å². The Balaban J connectivity index is 2.12. The van der Waals surface area contributed by atoms with Gasteiger partial charge in [-0.05, 0) is 40.1 Å². The van der Waals surface area contributed by atoms with E-state index in [0.717, 1.165) is 0 Å². The average Bonchev–Trinajstić information content (AvgIpc) is 2.94. The molecule has 0 spiro atoms. The monoisotopic (exact) mass is 298 g/mol. The number of benzene rings is 4. The summed E-state index contributed by atoms with van der Waals surface area (Å²) in [6.45, 7) is 2.21. The normalized spacial score (nSPS) is 11.9. The predicted octanol–water partition coefficient (Wildman–Crippen LogP) is 6.67. The van der Waals surface area contributed by atoms with Gasteiger partial charge in [0.05, 0.1) is 0 Å². The van der Waals surface area contributed by atoms with Crippen LogP contribution in [0.3, 0.4) is 0 Å². The van der Waals surface area contributed by atoms with E-state index in [-0.39, 0.29) is 0 Å². The SMILES string of the molecule is Cc1cc2sc3c4ccccc4ccc3c2c2ccccc12. The van der Waals surface area contributed by atoms with Crippen LogP contribution in [0.4, 0.5) is 0 Å². The first-order valence-corrected chi connectivity index (χ1v) is 8.37. The van der Waals surface area contributed by atoms with Crippen molar-refractivity contribution in [1.82, 2.24) is 0 Å². The number of rotatable bonds is 0. The molecule has 1 aromatic heterocycles. The smallest absolute Gasteiger partial charge is 0.0434 e. The molecule has 104 valence electrons. The van der Waals surface area contributed by atoms with Crippen molar-refractivity contribution in [3.05, 3.63) is 72.3 Å². The fourth-order valence-corrected chi connectivity index (χ4v) is 4.90. The summed E-state index contributed by atoms with van der Waals surface area (Å²) in [6, 6.07) is 24.3. The van der Waals surface area contributed by atoms with Gasteiger partial charge in [-0.15, -0.1) is 11.3 Å². The molecule has 0 aliphatic carbocycles. The van der Waals surface area contributed by atoms with Gasteiger partial charge in [-0.25, -0.2) is 0 Å². The maximum atomic E-state index is 2.34. The zero-order chi connectivity index (χ0) is 14.7. The molecule has 0 saturated heterocycles. The van der Waals surface area contributed by atoms with Crippen LogP contribution in [0.5, 0.6) is 0 Å². The van der Waals surface area contributed by atoms with E-state index in [0.29, 0.717) is 0 Å². The number of hydrogen-bond donors (Lipinski definition) is 0. The minimum absolute atomic E-state index is 1.32. The van der Waals surface area contributed by atoms with Crippen LogP contribution in [0.25, 0.3) is 41.7 Å². The molecule has 0 saturated carbocycles. The molecule has 0 bridgehead atoms. The molecule has 0 fully saturated rings. The van der Waals surface area contributed by atoms with Crippen molar-refractivity contribution < 1.29 is 0 Å². The molecule has 0 N–H and O–H groups in total. The van der Waals surface area contributed by atoms with E-state index in [1.54, 1.807) is 0 Å². The van der Waals surface area contributed by atoms with Crippen molar-refractivity contribution in [3.63, 3.8) is 0 Å². The first kappa shape index (κ1) is 12.2. The van der Waals surface area contributed by atoms with Crippen LogP contribution in [-0.4, -0.2) is 0 Å². The van der Waals surface area contributed by atoms with Gasteiger partial charge in [0.1, 0.15) is 0 Å². The molecular formula is C21H14S. The largest absolute Gasteiger partial charge is 0.134 e. The lowest BCUT2D eigenvalue weighted by atomic mass is 9.99. The number of aryl methyl sites for hydroxylation is 1. The van der Waals surface area contributed by atoms with Gasteiger partial charge in [-0.1, -0.05) is 60.7 Å². The second-order valence-electron chi connectivity index (χ2n) is 5.88. The van der Waals surface area contributed by atoms with Crippen molar-refractivity contribution in [2.45, 2.75) is 6.92 Å². The van der Waals surface area contributed by atoms with E-state index in [1.165, 1.54) is 47.3 Å². The molecule has 0 nitrogen and oxygen atoms in total. The Morgan fingerprint density at radius 2 is 1.41 bits per heavy atom. The molecular weight excluding hydrogens is 284 g/mol. The van der Waals surface area contributed by atoms with Crippen LogP contribution in [0.1, 0.15) is 5.56 Å². The van der Waals surface area contributed by atoms with Gasteiger partial charge < -0.3 is 0 Å². The van der Waals surface area contributed by atoms with Crippen molar-refractivity contribution in [1.29, 1.82) is 0 Å². The summed E-state index contributed by atoms with van der Waals surface area (Å²) in [7, 11) is 0. The first-order chi connectivity index (χ1) is 10.8. The Bertz CT molecular complexity index is 1180. The van der Waals surface area contributed by atoms with E-state index in [9.17, 15) is 0 Å². The molecule has 1 heterocycles. The van der Waals surface area contributed by atoms with Gasteiger partial charge >= 0.3 is 0 Å². The van der Waals surface area contributed by atoms with Gasteiger partial charge in [0.25, 0.3) is 0 Å². The average molecular weight is 298 g/mol. The van der Waals surface area contributed by atoms with Crippen LogP contribution in [0, 0.1) is 6.92 Å². The summed E-state index contributed by atoms with van der Waals surface area (Å²) in [5, 5.41) is 8.22. The van der Waals surface area contributed by atoms with E-state index < -0.39 is 0 Å². The fourth-order valence-electron chi connectivity index (χ4n) is 3.54. The van der Waals surface area contributed by atoms with E-state index >= 15 is 0 Å². The predicted molar refractivity (Wildman–Crippen MR) is 99.1 cm³/mol. The topological polar surface area (TPSA) is 0 Å². The van der Waals surface area contributed by atoms with Crippen LogP contribution in [0.15, 0.2) is 66.7 Å². The lowest BCUT2D eigenvalue weighted by Crippen LogP contribution is -1.79. The molecule has 4 aromatic carbocycles. The van der Waals surface area contributed by atoms with E-state index in [4.69, 9.17) is 0 Å². The highest BCUT2D eigenvalue weighted by Gasteiger charge is 2.12. The van der Waals surface area contributed by atoms with Gasteiger partial charge in [0, 0.05) is 20.2 Å². The van der Waals surface area contributed by atoms with Gasteiger partial charge in [0.15, 0.2) is 0 Å². The molecule has 5 rings (SSSR count). The van der Waals surface area contributed by atoms with Crippen molar-refractivity contribution in [3.8, 4) is 0 Å². The first-order valence-electron chi connectivity index (χ1n) is 7.55. The zero-order valence-corrected chi connectivity index (χ0v) is 13.1. The number of thiophene rings is 1. The minimum Gasteiger partial charge on any atom is -0.134 e. The molecule has 0 unspecified atom stereocenters. The van der Waals surface area contributed by atoms with Gasteiger partial charge in [-0.2, -0.15) is 0 Å². The number of fused-ring (bicyclic) bond motifs is 7. The molecule has 1 heteroatoms. The highest BCUT2D eigenvalue weighted by molar-refractivity contribution is 7.26. The molecule has 0 amide bonds. The Morgan fingerprint density at radius 3 is 2.27 bits per heavy atom. The lowest BCUT2D eigenvalue weighted by molar-refractivity contribution is 1.57. The molecule has 5 aromatic rings. The quantitative estimate of drug-likeness (QED) is 0.299. The van der Waals surface area contributed by atoms with E-state index in [1.807, 2.05) is 11.3 Å². The maximum absolute atomic E-state index is 2.34. The Kier molecular flexibility index (Phi) is 2.39. The van der Waals surface area contributed by atoms with Crippen LogP contribution in [-0.2, 0) is 0 Å². The molecule has 0 radical (unpaired) electrons. The Hall–Kier alpha value is -2.38. The fraction of sp³-hybridized carbons (Fsp3) is 0.0476. The molecule has 22 heavy (non-hydrogen) atoms. The molecule has 0 aliphatic rings. The van der Waals surface area contributed by atoms with Crippen LogP contribution >= 0.6 is 11.3 Å². The third-order valence-corrected chi connectivity index (χ3v) is 5.76. The highest BCUT2D eigenvalue weighted by Crippen LogP contribution is 2.42. The summed E-state index contributed by atoms with van der Waals surface area (Å²) < 4.78 is 2.80. The zero-order valence-electron chi connectivity index (χ0n) is 12.3. The summed E-state index contributed by atoms with van der Waals surface area (Å²) in [5.41, 5.74) is 1.36. The number of hydrogen-bond acceptors (Lipinski definition) is 1. The third kappa shape index (κ3) is 1.52. The third-order valence-electron chi connectivity index (χ3n) is 4.58. The van der Waals surface area contributed by atoms with Crippen molar-refractivity contribution in [2.24, 2.45) is 0 Å². The maximum Gasteiger partial charge on any atom is 0.0434 e. The van der Waals surface area contributed by atoms with Crippen molar-refractivity contribution >= 4 is 53.1 Å². The molecule has 0 atom stereocenters. The lowest BCUT2D eigenvalue weighted by Gasteiger charge is -2.04. The Labute approximate surface area is 132 Å². The summed E-state index contributed by atoms with van der Waals surface area (Å²) >= 11 is 1.92. The second kappa shape index (κ2) is 4.31. The highest BCUT2D eigenvalue weighted by atomic mass is 32.1. The standard InChI is InChI=1S/C21H14S/c1-13-12-19-20(17-9-5-4-7-15(13)17)18-11-10-14-6-2-3-8-16(14)21(18)22-19/h2-12H,1H3. The second-order valence-corrected chi connectivity index (χ2v) is 6.93. The Morgan fingerprint density at radius 1 is 0.682 bits per heavy atom. The summed E-state index contributed by atoms with van der Waals surface area (Å²) in [4.78, 5) is 0. The summed E-state index contributed by atoms with van der Waals surface area (Å²) in [6.07, 6.45) is 0. The molecule has 0 aliphatic heterocycles. The van der Waals surface area contributed by atoms with Crippen LogP contribution in [0.2, 0.25) is 0 Å². The van der Waals surface area contributed by atoms with E-state index in [2.05, 4.69) is 73.7 Å². The van der Waals surface area contributed by atoms with Gasteiger partial charge in [0.2, 0.25) is 0 Å².